The number of hydrogen-bond acceptors (Lipinski definition) is 6. The second-order valence-electron chi connectivity index (χ2n) is 8.76. The van der Waals surface area contributed by atoms with Crippen molar-refractivity contribution in [3.8, 4) is 0 Å². The van der Waals surface area contributed by atoms with Gasteiger partial charge in [0, 0.05) is 56.8 Å². The minimum atomic E-state index is -1.31. The average molecular weight is 485 g/mol. The van der Waals surface area contributed by atoms with E-state index in [-0.39, 0.29) is 37.8 Å². The van der Waals surface area contributed by atoms with Crippen LogP contribution in [0.4, 0.5) is 5.82 Å². The standard InChI is InChI=1S/C25H29ClN4O4/c1-18-6-5-9-21(27-18)28-10-12-29(13-11-28)22(31)16-25(19-7-3-4-8-20(19)26)17-23(32)30(24(25)33)14-15-34-2/h3-9H,10-17H2,1-2H3. The number of amides is 3. The number of aromatic nitrogens is 1. The highest BCUT2D eigenvalue weighted by atomic mass is 35.5. The van der Waals surface area contributed by atoms with E-state index in [0.717, 1.165) is 11.5 Å². The number of carbonyl (C=O) groups excluding carboxylic acids is 3. The molecule has 1 unspecified atom stereocenters. The second-order valence-corrected chi connectivity index (χ2v) is 9.17. The van der Waals surface area contributed by atoms with Crippen molar-refractivity contribution in [2.45, 2.75) is 25.2 Å². The lowest BCUT2D eigenvalue weighted by Crippen LogP contribution is -2.51. The average Bonchev–Trinajstić information content (AvgIpc) is 3.07. The number of anilines is 1. The molecule has 0 radical (unpaired) electrons. The molecule has 2 aromatic rings. The van der Waals surface area contributed by atoms with Gasteiger partial charge in [0.2, 0.25) is 17.7 Å². The van der Waals surface area contributed by atoms with E-state index in [4.69, 9.17) is 16.3 Å². The highest BCUT2D eigenvalue weighted by molar-refractivity contribution is 6.32. The van der Waals surface area contributed by atoms with Crippen LogP contribution in [0, 0.1) is 6.92 Å². The molecule has 2 fully saturated rings. The van der Waals surface area contributed by atoms with Crippen LogP contribution in [0.3, 0.4) is 0 Å². The summed E-state index contributed by atoms with van der Waals surface area (Å²) in [6.45, 7) is 4.66. The lowest BCUT2D eigenvalue weighted by molar-refractivity contribution is -0.143. The number of hydrogen-bond donors (Lipinski definition) is 0. The monoisotopic (exact) mass is 484 g/mol. The molecule has 1 atom stereocenters. The van der Waals surface area contributed by atoms with Crippen LogP contribution >= 0.6 is 11.6 Å². The second kappa shape index (κ2) is 10.1. The summed E-state index contributed by atoms with van der Waals surface area (Å²) in [5.74, 6) is 0.0280. The van der Waals surface area contributed by atoms with Crippen LogP contribution < -0.4 is 4.90 Å². The third kappa shape index (κ3) is 4.65. The third-order valence-corrected chi connectivity index (χ3v) is 6.93. The molecule has 2 saturated heterocycles. The third-order valence-electron chi connectivity index (χ3n) is 6.60. The Morgan fingerprint density at radius 2 is 1.82 bits per heavy atom. The van der Waals surface area contributed by atoms with Gasteiger partial charge in [0.15, 0.2) is 0 Å². The van der Waals surface area contributed by atoms with E-state index in [1.54, 1.807) is 29.2 Å². The highest BCUT2D eigenvalue weighted by Crippen LogP contribution is 2.43. The van der Waals surface area contributed by atoms with E-state index in [9.17, 15) is 14.4 Å². The van der Waals surface area contributed by atoms with Crippen molar-refractivity contribution in [3.05, 3.63) is 58.7 Å². The molecule has 9 heteroatoms. The molecule has 1 aromatic heterocycles. The summed E-state index contributed by atoms with van der Waals surface area (Å²) in [6.07, 6.45) is -0.189. The summed E-state index contributed by atoms with van der Waals surface area (Å²) in [5.41, 5.74) is 0.154. The number of nitrogens with zero attached hydrogens (tertiary/aromatic N) is 4. The molecule has 3 amide bonds. The normalized spacial score (nSPS) is 20.9. The Hall–Kier alpha value is -2.97. The van der Waals surface area contributed by atoms with E-state index >= 15 is 0 Å². The maximum Gasteiger partial charge on any atom is 0.241 e. The van der Waals surface area contributed by atoms with E-state index in [1.807, 2.05) is 25.1 Å². The molecule has 0 bridgehead atoms. The predicted octanol–water partition coefficient (Wildman–Crippen LogP) is 2.43. The number of imide groups is 1. The smallest absolute Gasteiger partial charge is 0.241 e. The van der Waals surface area contributed by atoms with E-state index in [2.05, 4.69) is 9.88 Å². The molecular formula is C25H29ClN4O4. The molecule has 2 aliphatic heterocycles. The molecule has 0 saturated carbocycles. The zero-order valence-corrected chi connectivity index (χ0v) is 20.3. The van der Waals surface area contributed by atoms with Gasteiger partial charge in [-0.2, -0.15) is 0 Å². The van der Waals surface area contributed by atoms with Gasteiger partial charge >= 0.3 is 0 Å². The summed E-state index contributed by atoms with van der Waals surface area (Å²) < 4.78 is 5.07. The van der Waals surface area contributed by atoms with Crippen molar-refractivity contribution in [1.82, 2.24) is 14.8 Å². The van der Waals surface area contributed by atoms with Crippen LogP contribution in [0.1, 0.15) is 24.1 Å². The van der Waals surface area contributed by atoms with Gasteiger partial charge in [-0.1, -0.05) is 35.9 Å². The number of rotatable bonds is 7. The summed E-state index contributed by atoms with van der Waals surface area (Å²) in [7, 11) is 1.52. The number of likely N-dealkylation sites (tertiary alicyclic amines) is 1. The Bertz CT molecular complexity index is 1090. The number of ether oxygens (including phenoxy) is 1. The van der Waals surface area contributed by atoms with E-state index in [0.29, 0.717) is 36.8 Å². The van der Waals surface area contributed by atoms with Crippen LogP contribution in [0.5, 0.6) is 0 Å². The Morgan fingerprint density at radius 3 is 2.50 bits per heavy atom. The minimum absolute atomic E-state index is 0.0851. The van der Waals surface area contributed by atoms with Crippen LogP contribution in [0.2, 0.25) is 5.02 Å². The lowest BCUT2D eigenvalue weighted by atomic mass is 9.75. The number of aryl methyl sites for hydroxylation is 1. The largest absolute Gasteiger partial charge is 0.383 e. The summed E-state index contributed by atoms with van der Waals surface area (Å²) in [5, 5.41) is 0.375. The predicted molar refractivity (Wildman–Crippen MR) is 129 cm³/mol. The Labute approximate surface area is 204 Å². The number of piperazine rings is 1. The summed E-state index contributed by atoms with van der Waals surface area (Å²) >= 11 is 6.48. The number of halogens is 1. The molecule has 0 aliphatic carbocycles. The Morgan fingerprint density at radius 1 is 1.09 bits per heavy atom. The first kappa shape index (κ1) is 24.2. The van der Waals surface area contributed by atoms with Crippen LogP contribution in [0.25, 0.3) is 0 Å². The molecule has 8 nitrogen and oxygen atoms in total. The molecule has 3 heterocycles. The molecule has 4 rings (SSSR count). The lowest BCUT2D eigenvalue weighted by Gasteiger charge is -2.37. The molecule has 0 spiro atoms. The summed E-state index contributed by atoms with van der Waals surface area (Å²) in [6, 6.07) is 12.9. The number of benzene rings is 1. The molecule has 34 heavy (non-hydrogen) atoms. The first-order valence-electron chi connectivity index (χ1n) is 11.4. The first-order chi connectivity index (χ1) is 16.4. The van der Waals surface area contributed by atoms with E-state index in [1.165, 1.54) is 12.0 Å². The van der Waals surface area contributed by atoms with Gasteiger partial charge in [0.1, 0.15) is 5.82 Å². The van der Waals surface area contributed by atoms with Crippen molar-refractivity contribution in [2.75, 3.05) is 51.3 Å². The van der Waals surface area contributed by atoms with Crippen LogP contribution in [0.15, 0.2) is 42.5 Å². The van der Waals surface area contributed by atoms with Crippen LogP contribution in [-0.4, -0.2) is 78.9 Å². The van der Waals surface area contributed by atoms with Crippen LogP contribution in [-0.2, 0) is 24.5 Å². The number of carbonyl (C=O) groups is 3. The van der Waals surface area contributed by atoms with Gasteiger partial charge in [-0.25, -0.2) is 4.98 Å². The van der Waals surface area contributed by atoms with Crippen molar-refractivity contribution in [1.29, 1.82) is 0 Å². The fourth-order valence-electron chi connectivity index (χ4n) is 4.76. The Kier molecular flexibility index (Phi) is 7.19. The number of methoxy groups -OCH3 is 1. The van der Waals surface area contributed by atoms with Gasteiger partial charge in [-0.3, -0.25) is 19.3 Å². The maximum atomic E-state index is 13.6. The molecule has 180 valence electrons. The summed E-state index contributed by atoms with van der Waals surface area (Å²) in [4.78, 5) is 49.6. The van der Waals surface area contributed by atoms with Crippen molar-refractivity contribution in [2.24, 2.45) is 0 Å². The molecular weight excluding hydrogens is 456 g/mol. The quantitative estimate of drug-likeness (QED) is 0.561. The van der Waals surface area contributed by atoms with Gasteiger partial charge in [-0.05, 0) is 30.7 Å². The fraction of sp³-hybridized carbons (Fsp3) is 0.440. The zero-order valence-electron chi connectivity index (χ0n) is 19.5. The molecule has 1 aromatic carbocycles. The Balaban J connectivity index is 1.54. The maximum absolute atomic E-state index is 13.6. The minimum Gasteiger partial charge on any atom is -0.383 e. The van der Waals surface area contributed by atoms with Crippen molar-refractivity contribution in [3.63, 3.8) is 0 Å². The first-order valence-corrected chi connectivity index (χ1v) is 11.8. The van der Waals surface area contributed by atoms with Gasteiger partial charge in [0.05, 0.1) is 18.6 Å². The van der Waals surface area contributed by atoms with E-state index < -0.39 is 11.3 Å². The van der Waals surface area contributed by atoms with Gasteiger partial charge in [0.25, 0.3) is 0 Å². The highest BCUT2D eigenvalue weighted by Gasteiger charge is 2.54. The zero-order chi connectivity index (χ0) is 24.3. The van der Waals surface area contributed by atoms with Gasteiger partial charge in [-0.15, -0.1) is 0 Å². The fourth-order valence-corrected chi connectivity index (χ4v) is 5.08. The SMILES string of the molecule is COCCN1C(=O)CC(CC(=O)N2CCN(c3cccc(C)n3)CC2)(c2ccccc2Cl)C1=O. The topological polar surface area (TPSA) is 83.1 Å². The number of pyridine rings is 1. The molecule has 0 N–H and O–H groups in total. The van der Waals surface area contributed by atoms with Crippen molar-refractivity contribution < 1.29 is 19.1 Å². The van der Waals surface area contributed by atoms with Crippen molar-refractivity contribution >= 4 is 35.1 Å². The van der Waals surface area contributed by atoms with Gasteiger partial charge < -0.3 is 14.5 Å². The molecule has 2 aliphatic rings.